The van der Waals surface area contributed by atoms with Gasteiger partial charge in [0.2, 0.25) is 0 Å². The lowest BCUT2D eigenvalue weighted by Crippen LogP contribution is -2.17. The van der Waals surface area contributed by atoms with Gasteiger partial charge < -0.3 is 10.3 Å². The van der Waals surface area contributed by atoms with Crippen molar-refractivity contribution in [2.45, 2.75) is 13.1 Å². The molecule has 0 saturated heterocycles. The Bertz CT molecular complexity index is 628. The van der Waals surface area contributed by atoms with Crippen molar-refractivity contribution in [1.29, 1.82) is 5.41 Å². The summed E-state index contributed by atoms with van der Waals surface area (Å²) in [7, 11) is 0. The maximum absolute atomic E-state index is 12.7. The van der Waals surface area contributed by atoms with E-state index in [1.165, 1.54) is 12.3 Å². The molecule has 7 heteroatoms. The van der Waals surface area contributed by atoms with E-state index in [4.69, 9.17) is 11.1 Å². The molecule has 1 aromatic heterocycles. The third-order valence-corrected chi connectivity index (χ3v) is 2.70. The first-order valence-corrected chi connectivity index (χ1v) is 5.36. The van der Waals surface area contributed by atoms with E-state index in [0.717, 1.165) is 12.1 Å². The predicted octanol–water partition coefficient (Wildman–Crippen LogP) is 2.48. The largest absolute Gasteiger partial charge is 0.416 e. The van der Waals surface area contributed by atoms with Gasteiger partial charge in [0.05, 0.1) is 11.3 Å². The molecule has 2 rings (SSSR count). The first-order valence-electron chi connectivity index (χ1n) is 5.36. The second-order valence-electron chi connectivity index (χ2n) is 3.99. The molecule has 0 aliphatic rings. The molecular weight excluding hydrogens is 257 g/mol. The Balaban J connectivity index is 2.64. The molecule has 2 aromatic rings. The number of hydrogen-bond donors (Lipinski definition) is 2. The minimum Gasteiger partial charge on any atom is -0.384 e. The van der Waals surface area contributed by atoms with Crippen molar-refractivity contribution in [3.8, 4) is 5.69 Å². The molecule has 0 saturated carbocycles. The van der Waals surface area contributed by atoms with Gasteiger partial charge in [-0.25, -0.2) is 4.98 Å². The first-order chi connectivity index (χ1) is 8.80. The molecule has 4 nitrogen and oxygen atoms in total. The van der Waals surface area contributed by atoms with Crippen LogP contribution in [0.1, 0.15) is 17.0 Å². The average Bonchev–Trinajstić information content (AvgIpc) is 2.73. The van der Waals surface area contributed by atoms with Gasteiger partial charge in [-0.05, 0) is 25.1 Å². The van der Waals surface area contributed by atoms with Crippen LogP contribution in [0, 0.1) is 12.3 Å². The smallest absolute Gasteiger partial charge is 0.384 e. The summed E-state index contributed by atoms with van der Waals surface area (Å²) in [6.07, 6.45) is -1.34. The van der Waals surface area contributed by atoms with Crippen molar-refractivity contribution < 1.29 is 13.2 Å². The molecule has 100 valence electrons. The maximum Gasteiger partial charge on any atom is 0.416 e. The molecule has 0 fully saturated rings. The molecule has 0 aliphatic carbocycles. The molecule has 0 unspecified atom stereocenters. The molecule has 1 aromatic carbocycles. The second-order valence-corrected chi connectivity index (χ2v) is 3.99. The van der Waals surface area contributed by atoms with Gasteiger partial charge in [-0.2, -0.15) is 13.2 Å². The number of alkyl halides is 3. The quantitative estimate of drug-likeness (QED) is 0.649. The molecule has 0 spiro atoms. The van der Waals surface area contributed by atoms with Crippen molar-refractivity contribution >= 4 is 5.84 Å². The number of aryl methyl sites for hydroxylation is 1. The average molecular weight is 268 g/mol. The highest BCUT2D eigenvalue weighted by Crippen LogP contribution is 2.31. The molecule has 0 atom stereocenters. The number of aromatic nitrogens is 2. The predicted molar refractivity (Wildman–Crippen MR) is 64.3 cm³/mol. The summed E-state index contributed by atoms with van der Waals surface area (Å²) in [5, 5.41) is 7.43. The van der Waals surface area contributed by atoms with Gasteiger partial charge in [-0.1, -0.05) is 0 Å². The van der Waals surface area contributed by atoms with Crippen LogP contribution in [0.25, 0.3) is 5.69 Å². The fourth-order valence-corrected chi connectivity index (χ4v) is 1.77. The lowest BCUT2D eigenvalue weighted by molar-refractivity contribution is -0.137. The van der Waals surface area contributed by atoms with Crippen LogP contribution in [-0.2, 0) is 6.18 Å². The van der Waals surface area contributed by atoms with Crippen molar-refractivity contribution in [1.82, 2.24) is 9.55 Å². The Morgan fingerprint density at radius 1 is 1.37 bits per heavy atom. The third kappa shape index (κ3) is 2.44. The molecule has 0 amide bonds. The van der Waals surface area contributed by atoms with Gasteiger partial charge in [-0.15, -0.1) is 0 Å². The monoisotopic (exact) mass is 268 g/mol. The van der Waals surface area contributed by atoms with Gasteiger partial charge in [0.25, 0.3) is 0 Å². The summed E-state index contributed by atoms with van der Waals surface area (Å²) in [4.78, 5) is 3.99. The molecular formula is C12H11F3N4. The van der Waals surface area contributed by atoms with Crippen LogP contribution in [0.2, 0.25) is 0 Å². The van der Waals surface area contributed by atoms with Crippen LogP contribution in [0.5, 0.6) is 0 Å². The van der Waals surface area contributed by atoms with Crippen molar-refractivity contribution in [2.24, 2.45) is 5.73 Å². The third-order valence-electron chi connectivity index (χ3n) is 2.70. The summed E-state index contributed by atoms with van der Waals surface area (Å²) in [6.45, 7) is 1.71. The van der Waals surface area contributed by atoms with Crippen LogP contribution in [0.15, 0.2) is 30.6 Å². The van der Waals surface area contributed by atoms with Crippen molar-refractivity contribution in [3.05, 3.63) is 47.5 Å². The van der Waals surface area contributed by atoms with Crippen molar-refractivity contribution in [2.75, 3.05) is 0 Å². The molecule has 19 heavy (non-hydrogen) atoms. The van der Waals surface area contributed by atoms with Gasteiger partial charge in [-0.3, -0.25) is 5.41 Å². The lowest BCUT2D eigenvalue weighted by Gasteiger charge is -2.14. The van der Waals surface area contributed by atoms with E-state index in [2.05, 4.69) is 4.98 Å². The van der Waals surface area contributed by atoms with Crippen LogP contribution in [0.4, 0.5) is 13.2 Å². The highest BCUT2D eigenvalue weighted by molar-refractivity contribution is 5.98. The van der Waals surface area contributed by atoms with Crippen LogP contribution in [0.3, 0.4) is 0 Å². The van der Waals surface area contributed by atoms with Gasteiger partial charge in [0, 0.05) is 18.0 Å². The Morgan fingerprint density at radius 2 is 2.05 bits per heavy atom. The Hall–Kier alpha value is -2.31. The standard InChI is InChI=1S/C12H11F3N4/c1-7-18-4-5-19(7)10-3-2-8(12(13,14)15)6-9(10)11(16)17/h2-6H,1H3,(H3,16,17). The van der Waals surface area contributed by atoms with Gasteiger partial charge in [0.1, 0.15) is 11.7 Å². The van der Waals surface area contributed by atoms with E-state index in [0.29, 0.717) is 11.5 Å². The highest BCUT2D eigenvalue weighted by Gasteiger charge is 2.31. The molecule has 0 bridgehead atoms. The fourth-order valence-electron chi connectivity index (χ4n) is 1.77. The van der Waals surface area contributed by atoms with E-state index in [9.17, 15) is 13.2 Å². The molecule has 0 radical (unpaired) electrons. The lowest BCUT2D eigenvalue weighted by atomic mass is 10.1. The summed E-state index contributed by atoms with van der Waals surface area (Å²) in [5.41, 5.74) is 4.95. The summed E-state index contributed by atoms with van der Waals surface area (Å²) < 4.78 is 39.5. The number of amidine groups is 1. The zero-order valence-electron chi connectivity index (χ0n) is 9.99. The minimum absolute atomic E-state index is 0.0240. The fraction of sp³-hybridized carbons (Fsp3) is 0.167. The van der Waals surface area contributed by atoms with E-state index < -0.39 is 17.6 Å². The molecule has 1 heterocycles. The van der Waals surface area contributed by atoms with Crippen molar-refractivity contribution in [3.63, 3.8) is 0 Å². The van der Waals surface area contributed by atoms with E-state index in [1.54, 1.807) is 17.7 Å². The summed E-state index contributed by atoms with van der Waals surface area (Å²) >= 11 is 0. The molecule has 0 aliphatic heterocycles. The Labute approximate surface area is 107 Å². The van der Waals surface area contributed by atoms with E-state index >= 15 is 0 Å². The van der Waals surface area contributed by atoms with Crippen LogP contribution >= 0.6 is 0 Å². The Kier molecular flexibility index (Phi) is 3.05. The van der Waals surface area contributed by atoms with Gasteiger partial charge >= 0.3 is 6.18 Å². The van der Waals surface area contributed by atoms with Gasteiger partial charge in [0.15, 0.2) is 0 Å². The topological polar surface area (TPSA) is 67.7 Å². The first kappa shape index (κ1) is 13.1. The number of nitrogens with one attached hydrogen (secondary N) is 1. The zero-order valence-corrected chi connectivity index (χ0v) is 9.99. The maximum atomic E-state index is 12.7. The number of imidazole rings is 1. The summed E-state index contributed by atoms with van der Waals surface area (Å²) in [6, 6.07) is 3.12. The highest BCUT2D eigenvalue weighted by atomic mass is 19.4. The normalized spacial score (nSPS) is 11.6. The zero-order chi connectivity index (χ0) is 14.2. The number of rotatable bonds is 2. The van der Waals surface area contributed by atoms with Crippen LogP contribution < -0.4 is 5.73 Å². The number of hydrogen-bond acceptors (Lipinski definition) is 2. The number of nitrogens with two attached hydrogens (primary N) is 1. The number of nitrogens with zero attached hydrogens (tertiary/aromatic N) is 2. The van der Waals surface area contributed by atoms with E-state index in [1.807, 2.05) is 0 Å². The van der Waals surface area contributed by atoms with Crippen LogP contribution in [-0.4, -0.2) is 15.4 Å². The number of benzene rings is 1. The molecule has 3 N–H and O–H groups in total. The summed E-state index contributed by atoms with van der Waals surface area (Å²) in [5.74, 6) is 0.177. The minimum atomic E-state index is -4.47. The number of nitrogen functional groups attached to an aromatic ring is 1. The Morgan fingerprint density at radius 3 is 2.53 bits per heavy atom. The second kappa shape index (κ2) is 4.42. The van der Waals surface area contributed by atoms with E-state index in [-0.39, 0.29) is 5.56 Å². The number of halogens is 3. The SMILES string of the molecule is Cc1nccn1-c1ccc(C(F)(F)F)cc1C(=N)N.